The summed E-state index contributed by atoms with van der Waals surface area (Å²) in [6.07, 6.45) is 11.0. The fourth-order valence-corrected chi connectivity index (χ4v) is 8.44. The van der Waals surface area contributed by atoms with E-state index in [1.807, 2.05) is 13.0 Å². The van der Waals surface area contributed by atoms with Gasteiger partial charge in [-0.25, -0.2) is 0 Å². The minimum atomic E-state index is -2.55. The molecule has 3 heteroatoms. The van der Waals surface area contributed by atoms with Crippen LogP contribution in [0.3, 0.4) is 0 Å². The number of unbranched alkanes of at least 4 members (excludes halogenated alkanes) is 2. The van der Waals surface area contributed by atoms with Gasteiger partial charge in [0, 0.05) is 23.2 Å². The fourth-order valence-electron chi connectivity index (χ4n) is 4.52. The number of phenolic OH excluding ortho intramolecular Hbond substituents is 1. The molecule has 0 bridgehead atoms. The second-order valence-electron chi connectivity index (χ2n) is 10.5. The van der Waals surface area contributed by atoms with Crippen molar-refractivity contribution >= 4 is 12.4 Å². The summed E-state index contributed by atoms with van der Waals surface area (Å²) in [5.41, 5.74) is 1.62. The summed E-state index contributed by atoms with van der Waals surface area (Å²) < 4.78 is 14.7. The first kappa shape index (κ1) is 27.3. The Morgan fingerprint density at radius 1 is 0.900 bits per heavy atom. The highest BCUT2D eigenvalue weighted by molar-refractivity contribution is 7.71. The standard InChI is InChI=1S/C27H49O2P/c1-9-13-15-22(11-3)19-30(29,20-23(12-4)16-14-10-2)24-17-21(5)26(28)25(18-24)27(6,7)8/h17-18,22-23,28H,9-16,19-20H2,1-8H3. The molecule has 174 valence electrons. The van der Waals surface area contributed by atoms with E-state index >= 15 is 0 Å². The third kappa shape index (κ3) is 7.74. The molecule has 0 amide bonds. The molecule has 0 aromatic heterocycles. The summed E-state index contributed by atoms with van der Waals surface area (Å²) >= 11 is 0. The van der Waals surface area contributed by atoms with Gasteiger partial charge >= 0.3 is 0 Å². The van der Waals surface area contributed by atoms with Crippen LogP contribution in [0.15, 0.2) is 12.1 Å². The van der Waals surface area contributed by atoms with E-state index in [-0.39, 0.29) is 5.41 Å². The first-order chi connectivity index (χ1) is 14.0. The van der Waals surface area contributed by atoms with E-state index in [1.165, 1.54) is 38.5 Å². The molecule has 0 aliphatic rings. The molecule has 1 rings (SSSR count). The summed E-state index contributed by atoms with van der Waals surface area (Å²) in [6.45, 7) is 17.3. The third-order valence-corrected chi connectivity index (χ3v) is 10.2. The molecule has 2 atom stereocenters. The average Bonchev–Trinajstić information content (AvgIpc) is 2.69. The van der Waals surface area contributed by atoms with Crippen LogP contribution in [0, 0.1) is 18.8 Å². The van der Waals surface area contributed by atoms with Crippen molar-refractivity contribution in [3.05, 3.63) is 23.3 Å². The van der Waals surface area contributed by atoms with Gasteiger partial charge in [-0.2, -0.15) is 0 Å². The quantitative estimate of drug-likeness (QED) is 0.315. The molecular weight excluding hydrogens is 387 g/mol. The van der Waals surface area contributed by atoms with Gasteiger partial charge in [-0.3, -0.25) is 0 Å². The van der Waals surface area contributed by atoms with Gasteiger partial charge in [-0.1, -0.05) is 99.8 Å². The lowest BCUT2D eigenvalue weighted by molar-refractivity contribution is 0.443. The van der Waals surface area contributed by atoms with Gasteiger partial charge < -0.3 is 9.67 Å². The fraction of sp³-hybridized carbons (Fsp3) is 0.778. The van der Waals surface area contributed by atoms with Gasteiger partial charge in [0.2, 0.25) is 0 Å². The summed E-state index contributed by atoms with van der Waals surface area (Å²) in [7, 11) is -2.55. The Kier molecular flexibility index (Phi) is 11.2. The topological polar surface area (TPSA) is 37.3 Å². The predicted molar refractivity (Wildman–Crippen MR) is 135 cm³/mol. The van der Waals surface area contributed by atoms with Crippen LogP contribution >= 0.6 is 7.14 Å². The van der Waals surface area contributed by atoms with Gasteiger partial charge in [0.05, 0.1) is 0 Å². The molecule has 0 aliphatic heterocycles. The predicted octanol–water partition coefficient (Wildman–Crippen LogP) is 8.42. The minimum absolute atomic E-state index is 0.172. The van der Waals surface area contributed by atoms with Gasteiger partial charge in [-0.15, -0.1) is 0 Å². The molecule has 0 saturated heterocycles. The monoisotopic (exact) mass is 436 g/mol. The molecule has 0 aliphatic carbocycles. The summed E-state index contributed by atoms with van der Waals surface area (Å²) in [5, 5.41) is 11.7. The van der Waals surface area contributed by atoms with Crippen LogP contribution in [0.25, 0.3) is 0 Å². The molecule has 2 nitrogen and oxygen atoms in total. The number of aryl methyl sites for hydroxylation is 1. The smallest absolute Gasteiger partial charge is 0.122 e. The van der Waals surface area contributed by atoms with Gasteiger partial charge in [0.1, 0.15) is 12.9 Å². The highest BCUT2D eigenvalue weighted by Crippen LogP contribution is 2.51. The van der Waals surface area contributed by atoms with E-state index in [4.69, 9.17) is 0 Å². The average molecular weight is 437 g/mol. The molecule has 0 fully saturated rings. The molecule has 1 aromatic rings. The zero-order valence-electron chi connectivity index (χ0n) is 21.2. The van der Waals surface area contributed by atoms with E-state index in [0.717, 1.165) is 41.6 Å². The van der Waals surface area contributed by atoms with Crippen molar-refractivity contribution in [1.82, 2.24) is 0 Å². The van der Waals surface area contributed by atoms with Crippen molar-refractivity contribution in [3.8, 4) is 5.75 Å². The van der Waals surface area contributed by atoms with Crippen molar-refractivity contribution in [3.63, 3.8) is 0 Å². The zero-order chi connectivity index (χ0) is 22.9. The van der Waals surface area contributed by atoms with Crippen LogP contribution in [-0.2, 0) is 9.98 Å². The van der Waals surface area contributed by atoms with E-state index in [1.54, 1.807) is 0 Å². The van der Waals surface area contributed by atoms with E-state index < -0.39 is 7.14 Å². The second-order valence-corrected chi connectivity index (χ2v) is 13.5. The lowest BCUT2D eigenvalue weighted by atomic mass is 9.85. The third-order valence-electron chi connectivity index (χ3n) is 6.76. The largest absolute Gasteiger partial charge is 0.507 e. The van der Waals surface area contributed by atoms with Gasteiger partial charge in [0.25, 0.3) is 0 Å². The van der Waals surface area contributed by atoms with Crippen LogP contribution in [0.5, 0.6) is 5.75 Å². The lowest BCUT2D eigenvalue weighted by Crippen LogP contribution is -2.23. The van der Waals surface area contributed by atoms with Crippen LogP contribution in [0.4, 0.5) is 0 Å². The molecule has 0 spiro atoms. The molecule has 2 unspecified atom stereocenters. The van der Waals surface area contributed by atoms with Gasteiger partial charge in [-0.05, 0) is 41.9 Å². The summed E-state index contributed by atoms with van der Waals surface area (Å²) in [4.78, 5) is 0. The summed E-state index contributed by atoms with van der Waals surface area (Å²) in [5.74, 6) is 1.41. The molecule has 1 N–H and O–H groups in total. The van der Waals surface area contributed by atoms with E-state index in [0.29, 0.717) is 17.6 Å². The first-order valence-corrected chi connectivity index (χ1v) is 14.5. The first-order valence-electron chi connectivity index (χ1n) is 12.4. The molecule has 0 heterocycles. The Balaban J connectivity index is 3.45. The molecule has 0 saturated carbocycles. The molecular formula is C27H49O2P. The number of hydrogen-bond acceptors (Lipinski definition) is 2. The van der Waals surface area contributed by atoms with Crippen LogP contribution in [-0.4, -0.2) is 17.4 Å². The van der Waals surface area contributed by atoms with Crippen LogP contribution in [0.1, 0.15) is 111 Å². The zero-order valence-corrected chi connectivity index (χ0v) is 22.1. The number of phenols is 1. The highest BCUT2D eigenvalue weighted by atomic mass is 31.2. The Morgan fingerprint density at radius 2 is 1.37 bits per heavy atom. The lowest BCUT2D eigenvalue weighted by Gasteiger charge is -2.30. The van der Waals surface area contributed by atoms with Crippen molar-refractivity contribution in [2.45, 2.75) is 112 Å². The van der Waals surface area contributed by atoms with Gasteiger partial charge in [0.15, 0.2) is 0 Å². The Morgan fingerprint density at radius 3 is 1.73 bits per heavy atom. The summed E-state index contributed by atoms with van der Waals surface area (Å²) in [6, 6.07) is 4.12. The maximum absolute atomic E-state index is 14.7. The minimum Gasteiger partial charge on any atom is -0.507 e. The molecule has 1 aromatic carbocycles. The number of rotatable bonds is 13. The Hall–Kier alpha value is -0.750. The maximum atomic E-state index is 14.7. The van der Waals surface area contributed by atoms with E-state index in [9.17, 15) is 9.67 Å². The van der Waals surface area contributed by atoms with Crippen molar-refractivity contribution < 1.29 is 9.67 Å². The van der Waals surface area contributed by atoms with Crippen molar-refractivity contribution in [1.29, 1.82) is 0 Å². The van der Waals surface area contributed by atoms with E-state index in [2.05, 4.69) is 54.5 Å². The molecule has 0 radical (unpaired) electrons. The van der Waals surface area contributed by atoms with Crippen LogP contribution < -0.4 is 5.30 Å². The Bertz CT molecular complexity index is 665. The second kappa shape index (κ2) is 12.3. The number of hydrogen-bond donors (Lipinski definition) is 1. The number of aromatic hydroxyl groups is 1. The number of benzene rings is 1. The maximum Gasteiger partial charge on any atom is 0.122 e. The van der Waals surface area contributed by atoms with Crippen molar-refractivity contribution in [2.75, 3.05) is 12.3 Å². The highest BCUT2D eigenvalue weighted by Gasteiger charge is 2.33. The Labute approximate surface area is 187 Å². The normalized spacial score (nSPS) is 16.3. The SMILES string of the molecule is CCCCC(CC)CP(=O)(CC(CC)CCCC)c1cc(C)c(O)c(C(C)(C)C)c1. The van der Waals surface area contributed by atoms with Crippen molar-refractivity contribution in [2.24, 2.45) is 11.8 Å². The molecule has 30 heavy (non-hydrogen) atoms. The van der Waals surface area contributed by atoms with Crippen LogP contribution in [0.2, 0.25) is 0 Å².